The summed E-state index contributed by atoms with van der Waals surface area (Å²) in [5.41, 5.74) is 4.53. The van der Waals surface area contributed by atoms with E-state index in [2.05, 4.69) is 4.98 Å². The minimum atomic E-state index is -2.04. The predicted molar refractivity (Wildman–Crippen MR) is 111 cm³/mol. The van der Waals surface area contributed by atoms with Crippen LogP contribution in [0.15, 0.2) is 18.3 Å². The van der Waals surface area contributed by atoms with Gasteiger partial charge in [0, 0.05) is 30.1 Å². The number of aliphatic hydroxyl groups is 1. The standard InChI is InChI=1S/C21H32N2O4S/c22-19(14-28-11-8-16-5-6-16)21(26,20(24)25)13-17-12-18(7-9-23-17)27-10-1-2-15-3-4-15/h7,9,12,15-16,19,26H,1-6,8,10-11,13-14,22H2,(H,24,25)/t19-,21?/m0/s1. The highest BCUT2D eigenvalue weighted by atomic mass is 32.2. The fraction of sp³-hybridized carbons (Fsp3) is 0.714. The lowest BCUT2D eigenvalue weighted by Crippen LogP contribution is -2.57. The first-order valence-corrected chi connectivity index (χ1v) is 11.5. The van der Waals surface area contributed by atoms with Gasteiger partial charge in [0.15, 0.2) is 5.60 Å². The maximum Gasteiger partial charge on any atom is 0.337 e. The molecule has 1 aromatic heterocycles. The molecule has 4 N–H and O–H groups in total. The molecule has 0 bridgehead atoms. The molecule has 2 fully saturated rings. The molecule has 7 heteroatoms. The maximum absolute atomic E-state index is 11.8. The van der Waals surface area contributed by atoms with E-state index in [9.17, 15) is 15.0 Å². The van der Waals surface area contributed by atoms with Gasteiger partial charge in [-0.25, -0.2) is 4.79 Å². The van der Waals surface area contributed by atoms with Gasteiger partial charge in [0.1, 0.15) is 5.75 Å². The molecule has 1 unspecified atom stereocenters. The summed E-state index contributed by atoms with van der Waals surface area (Å²) in [6.07, 6.45) is 10.1. The highest BCUT2D eigenvalue weighted by molar-refractivity contribution is 7.99. The van der Waals surface area contributed by atoms with Crippen LogP contribution < -0.4 is 10.5 Å². The predicted octanol–water partition coefficient (Wildman–Crippen LogP) is 2.87. The number of carbonyl (C=O) groups is 1. The Kier molecular flexibility index (Phi) is 7.60. The summed E-state index contributed by atoms with van der Waals surface area (Å²) in [5, 5.41) is 20.4. The Morgan fingerprint density at radius 3 is 2.71 bits per heavy atom. The summed E-state index contributed by atoms with van der Waals surface area (Å²) < 4.78 is 5.76. The summed E-state index contributed by atoms with van der Waals surface area (Å²) in [5.74, 6) is 2.42. The number of carboxylic acid groups (broad SMARTS) is 1. The highest BCUT2D eigenvalue weighted by Gasteiger charge is 2.43. The van der Waals surface area contributed by atoms with Crippen LogP contribution in [0.25, 0.3) is 0 Å². The lowest BCUT2D eigenvalue weighted by atomic mass is 9.90. The van der Waals surface area contributed by atoms with E-state index in [0.717, 1.165) is 30.4 Å². The molecule has 2 aliphatic rings. The molecule has 156 valence electrons. The summed E-state index contributed by atoms with van der Waals surface area (Å²) in [4.78, 5) is 16.0. The van der Waals surface area contributed by atoms with Crippen LogP contribution in [0, 0.1) is 11.8 Å². The Morgan fingerprint density at radius 2 is 2.04 bits per heavy atom. The topological polar surface area (TPSA) is 106 Å². The molecule has 0 radical (unpaired) electrons. The zero-order chi connectivity index (χ0) is 20.0. The van der Waals surface area contributed by atoms with E-state index in [1.165, 1.54) is 32.1 Å². The van der Waals surface area contributed by atoms with Crippen molar-refractivity contribution in [1.29, 1.82) is 0 Å². The molecular weight excluding hydrogens is 376 g/mol. The average Bonchev–Trinajstić information content (AvgIpc) is 3.57. The molecule has 2 atom stereocenters. The number of aliphatic carboxylic acids is 1. The molecule has 28 heavy (non-hydrogen) atoms. The Bertz CT molecular complexity index is 651. The number of aromatic nitrogens is 1. The van der Waals surface area contributed by atoms with Gasteiger partial charge in [0.2, 0.25) is 0 Å². The summed E-state index contributed by atoms with van der Waals surface area (Å²) in [6, 6.07) is 2.60. The smallest absolute Gasteiger partial charge is 0.337 e. The molecule has 3 rings (SSSR count). The second-order valence-corrected chi connectivity index (χ2v) is 9.39. The Hall–Kier alpha value is -1.31. The molecule has 1 heterocycles. The number of hydrogen-bond acceptors (Lipinski definition) is 6. The Balaban J connectivity index is 1.50. The van der Waals surface area contributed by atoms with Crippen LogP contribution in [-0.4, -0.2) is 50.9 Å². The minimum absolute atomic E-state index is 0.133. The van der Waals surface area contributed by atoms with Gasteiger partial charge in [0.05, 0.1) is 12.6 Å². The summed E-state index contributed by atoms with van der Waals surface area (Å²) in [7, 11) is 0. The zero-order valence-electron chi connectivity index (χ0n) is 16.4. The van der Waals surface area contributed by atoms with Crippen LogP contribution in [0.4, 0.5) is 0 Å². The molecule has 0 aliphatic heterocycles. The van der Waals surface area contributed by atoms with E-state index in [1.54, 1.807) is 30.1 Å². The molecule has 2 aliphatic carbocycles. The summed E-state index contributed by atoms with van der Waals surface area (Å²) >= 11 is 1.62. The average molecular weight is 409 g/mol. The number of hydrogen-bond donors (Lipinski definition) is 3. The third kappa shape index (κ3) is 6.64. The van der Waals surface area contributed by atoms with Crippen LogP contribution in [0.5, 0.6) is 5.75 Å². The molecule has 2 saturated carbocycles. The van der Waals surface area contributed by atoms with Crippen molar-refractivity contribution >= 4 is 17.7 Å². The first-order valence-electron chi connectivity index (χ1n) is 10.3. The van der Waals surface area contributed by atoms with Gasteiger partial charge in [0.25, 0.3) is 0 Å². The number of ether oxygens (including phenoxy) is 1. The quantitative estimate of drug-likeness (QED) is 0.406. The van der Waals surface area contributed by atoms with E-state index < -0.39 is 17.6 Å². The lowest BCUT2D eigenvalue weighted by Gasteiger charge is -2.29. The normalized spacial score (nSPS) is 19.8. The second-order valence-electron chi connectivity index (χ2n) is 8.24. The van der Waals surface area contributed by atoms with Crippen molar-refractivity contribution in [2.75, 3.05) is 18.1 Å². The fourth-order valence-electron chi connectivity index (χ4n) is 3.26. The number of pyridine rings is 1. The van der Waals surface area contributed by atoms with Crippen molar-refractivity contribution in [3.63, 3.8) is 0 Å². The number of nitrogens with two attached hydrogens (primary N) is 1. The van der Waals surface area contributed by atoms with E-state index in [1.807, 2.05) is 0 Å². The van der Waals surface area contributed by atoms with Crippen molar-refractivity contribution in [2.45, 2.75) is 63.0 Å². The fourth-order valence-corrected chi connectivity index (χ4v) is 4.45. The number of carboxylic acids is 1. The van der Waals surface area contributed by atoms with Crippen molar-refractivity contribution in [3.8, 4) is 5.75 Å². The molecule has 0 saturated heterocycles. The molecule has 6 nitrogen and oxygen atoms in total. The van der Waals surface area contributed by atoms with Crippen LogP contribution in [0.1, 0.15) is 50.6 Å². The first kappa shape index (κ1) is 21.4. The number of nitrogens with zero attached hydrogens (tertiary/aromatic N) is 1. The lowest BCUT2D eigenvalue weighted by molar-refractivity contribution is -0.160. The van der Waals surface area contributed by atoms with Crippen LogP contribution in [-0.2, 0) is 11.2 Å². The van der Waals surface area contributed by atoms with Gasteiger partial charge in [-0.3, -0.25) is 4.98 Å². The SMILES string of the molecule is N[C@@H](CSCCC1CC1)C(O)(Cc1cc(OCCCC2CC2)ccn1)C(=O)O. The van der Waals surface area contributed by atoms with Crippen molar-refractivity contribution < 1.29 is 19.7 Å². The van der Waals surface area contributed by atoms with Gasteiger partial charge in [-0.15, -0.1) is 0 Å². The monoisotopic (exact) mass is 408 g/mol. The largest absolute Gasteiger partial charge is 0.493 e. The van der Waals surface area contributed by atoms with E-state index in [-0.39, 0.29) is 6.42 Å². The van der Waals surface area contributed by atoms with E-state index in [4.69, 9.17) is 10.5 Å². The van der Waals surface area contributed by atoms with E-state index >= 15 is 0 Å². The molecule has 0 aromatic carbocycles. The first-order chi connectivity index (χ1) is 13.5. The Labute approximate surface area is 171 Å². The molecule has 0 spiro atoms. The highest BCUT2D eigenvalue weighted by Crippen LogP contribution is 2.34. The molecule has 1 aromatic rings. The van der Waals surface area contributed by atoms with Crippen LogP contribution in [0.2, 0.25) is 0 Å². The van der Waals surface area contributed by atoms with Crippen LogP contribution >= 0.6 is 11.8 Å². The third-order valence-corrected chi connectivity index (χ3v) is 6.73. The second kappa shape index (κ2) is 9.94. The number of rotatable bonds is 14. The van der Waals surface area contributed by atoms with Gasteiger partial charge in [-0.1, -0.05) is 25.7 Å². The minimum Gasteiger partial charge on any atom is -0.493 e. The van der Waals surface area contributed by atoms with E-state index in [0.29, 0.717) is 23.8 Å². The molecular formula is C21H32N2O4S. The number of thioether (sulfide) groups is 1. The van der Waals surface area contributed by atoms with Gasteiger partial charge < -0.3 is 20.7 Å². The van der Waals surface area contributed by atoms with Gasteiger partial charge in [-0.05, 0) is 42.9 Å². The third-order valence-electron chi connectivity index (χ3n) is 5.61. The van der Waals surface area contributed by atoms with Crippen molar-refractivity contribution in [1.82, 2.24) is 4.98 Å². The zero-order valence-corrected chi connectivity index (χ0v) is 17.2. The van der Waals surface area contributed by atoms with Gasteiger partial charge in [-0.2, -0.15) is 11.8 Å². The van der Waals surface area contributed by atoms with Crippen molar-refractivity contribution in [2.24, 2.45) is 17.6 Å². The Morgan fingerprint density at radius 1 is 1.32 bits per heavy atom. The van der Waals surface area contributed by atoms with Crippen molar-refractivity contribution in [3.05, 3.63) is 24.0 Å². The van der Waals surface area contributed by atoms with Crippen LogP contribution in [0.3, 0.4) is 0 Å². The molecule has 0 amide bonds. The summed E-state index contributed by atoms with van der Waals surface area (Å²) in [6.45, 7) is 0.639. The maximum atomic E-state index is 11.8. The van der Waals surface area contributed by atoms with Gasteiger partial charge >= 0.3 is 5.97 Å².